The summed E-state index contributed by atoms with van der Waals surface area (Å²) in [4.78, 5) is 18.9. The summed E-state index contributed by atoms with van der Waals surface area (Å²) in [6.07, 6.45) is 10.3. The van der Waals surface area contributed by atoms with E-state index in [-0.39, 0.29) is 11.9 Å². The van der Waals surface area contributed by atoms with Gasteiger partial charge in [-0.2, -0.15) is 5.26 Å². The van der Waals surface area contributed by atoms with Gasteiger partial charge in [0.15, 0.2) is 0 Å². The fourth-order valence-corrected chi connectivity index (χ4v) is 3.77. The van der Waals surface area contributed by atoms with Crippen LogP contribution in [-0.2, 0) is 0 Å². The normalized spacial score (nSPS) is 23.2. The Morgan fingerprint density at radius 2 is 2.04 bits per heavy atom. The van der Waals surface area contributed by atoms with Gasteiger partial charge in [-0.1, -0.05) is 19.3 Å². The van der Waals surface area contributed by atoms with Gasteiger partial charge < -0.3 is 5.32 Å². The minimum Gasteiger partial charge on any atom is -0.348 e. The molecule has 2 heterocycles. The summed E-state index contributed by atoms with van der Waals surface area (Å²) in [5, 5.41) is 11.9. The van der Waals surface area contributed by atoms with Crippen LogP contribution in [0, 0.1) is 11.3 Å². The Bertz CT molecular complexity index is 572. The molecule has 2 aliphatic rings. The molecule has 1 amide bonds. The summed E-state index contributed by atoms with van der Waals surface area (Å²) >= 11 is 0. The van der Waals surface area contributed by atoms with Crippen LogP contribution in [0.3, 0.4) is 0 Å². The van der Waals surface area contributed by atoms with E-state index < -0.39 is 0 Å². The first-order valence-corrected chi connectivity index (χ1v) is 8.67. The van der Waals surface area contributed by atoms with Crippen molar-refractivity contribution in [2.45, 2.75) is 57.0 Å². The van der Waals surface area contributed by atoms with Gasteiger partial charge in [0.05, 0.1) is 5.56 Å². The Labute approximate surface area is 137 Å². The fraction of sp³-hybridized carbons (Fsp3) is 0.611. The highest BCUT2D eigenvalue weighted by molar-refractivity contribution is 5.94. The van der Waals surface area contributed by atoms with Crippen LogP contribution < -0.4 is 5.32 Å². The van der Waals surface area contributed by atoms with Crippen molar-refractivity contribution < 1.29 is 4.79 Å². The molecule has 0 aromatic carbocycles. The van der Waals surface area contributed by atoms with E-state index in [9.17, 15) is 4.79 Å². The molecule has 1 saturated heterocycles. The topological polar surface area (TPSA) is 69.0 Å². The second kappa shape index (κ2) is 7.56. The second-order valence-corrected chi connectivity index (χ2v) is 6.64. The smallest absolute Gasteiger partial charge is 0.253 e. The van der Waals surface area contributed by atoms with Gasteiger partial charge in [0, 0.05) is 24.8 Å². The van der Waals surface area contributed by atoms with Crippen molar-refractivity contribution in [2.24, 2.45) is 0 Å². The molecule has 0 unspecified atom stereocenters. The van der Waals surface area contributed by atoms with E-state index in [0.29, 0.717) is 17.3 Å². The average Bonchev–Trinajstić information content (AvgIpc) is 2.63. The lowest BCUT2D eigenvalue weighted by Crippen LogP contribution is -2.51. The van der Waals surface area contributed by atoms with Crippen LogP contribution >= 0.6 is 0 Å². The fourth-order valence-electron chi connectivity index (χ4n) is 3.77. The highest BCUT2D eigenvalue weighted by atomic mass is 16.1. The third kappa shape index (κ3) is 4.08. The number of carbonyl (C=O) groups is 1. The first kappa shape index (κ1) is 15.9. The number of amides is 1. The van der Waals surface area contributed by atoms with Gasteiger partial charge in [-0.05, 0) is 44.4 Å². The molecule has 0 bridgehead atoms. The highest BCUT2D eigenvalue weighted by Crippen LogP contribution is 2.25. The van der Waals surface area contributed by atoms with E-state index in [2.05, 4.69) is 15.2 Å². The first-order chi connectivity index (χ1) is 11.3. The monoisotopic (exact) mass is 312 g/mol. The van der Waals surface area contributed by atoms with Crippen molar-refractivity contribution in [2.75, 3.05) is 13.1 Å². The molecule has 3 rings (SSSR count). The van der Waals surface area contributed by atoms with Gasteiger partial charge in [-0.3, -0.25) is 9.69 Å². The lowest BCUT2D eigenvalue weighted by molar-refractivity contribution is 0.0835. The molecular formula is C18H24N4O. The molecule has 1 aliphatic carbocycles. The van der Waals surface area contributed by atoms with Crippen LogP contribution in [0.25, 0.3) is 0 Å². The molecule has 0 radical (unpaired) electrons. The third-order valence-electron chi connectivity index (χ3n) is 5.02. The number of hydrogen-bond acceptors (Lipinski definition) is 4. The molecule has 2 fully saturated rings. The molecule has 1 aromatic heterocycles. The van der Waals surface area contributed by atoms with E-state index in [0.717, 1.165) is 25.9 Å². The molecule has 23 heavy (non-hydrogen) atoms. The Morgan fingerprint density at radius 1 is 1.22 bits per heavy atom. The van der Waals surface area contributed by atoms with Gasteiger partial charge in [0.1, 0.15) is 11.8 Å². The van der Waals surface area contributed by atoms with Gasteiger partial charge in [0.2, 0.25) is 0 Å². The minimum atomic E-state index is -0.0857. The van der Waals surface area contributed by atoms with Crippen molar-refractivity contribution in [1.29, 1.82) is 5.26 Å². The molecule has 1 aliphatic heterocycles. The van der Waals surface area contributed by atoms with E-state index in [1.165, 1.54) is 38.3 Å². The number of nitrogens with one attached hydrogen (secondary N) is 1. The predicted octanol–water partition coefficient (Wildman–Crippen LogP) is 2.48. The van der Waals surface area contributed by atoms with Gasteiger partial charge in [-0.25, -0.2) is 4.98 Å². The Morgan fingerprint density at radius 3 is 2.74 bits per heavy atom. The first-order valence-electron chi connectivity index (χ1n) is 8.67. The van der Waals surface area contributed by atoms with Crippen LogP contribution in [0.5, 0.6) is 0 Å². The second-order valence-electron chi connectivity index (χ2n) is 6.64. The summed E-state index contributed by atoms with van der Waals surface area (Å²) in [5.74, 6) is -0.0857. The predicted molar refractivity (Wildman–Crippen MR) is 87.9 cm³/mol. The quantitative estimate of drug-likeness (QED) is 0.931. The number of carbonyl (C=O) groups excluding carboxylic acids is 1. The van der Waals surface area contributed by atoms with Crippen LogP contribution in [0.15, 0.2) is 18.3 Å². The highest BCUT2D eigenvalue weighted by Gasteiger charge is 2.27. The molecule has 1 aromatic rings. The zero-order valence-electron chi connectivity index (χ0n) is 13.5. The lowest BCUT2D eigenvalue weighted by Gasteiger charge is -2.40. The molecule has 1 N–H and O–H groups in total. The Kier molecular flexibility index (Phi) is 5.24. The zero-order valence-corrected chi connectivity index (χ0v) is 13.5. The number of rotatable bonds is 3. The number of pyridine rings is 1. The van der Waals surface area contributed by atoms with Crippen molar-refractivity contribution in [3.63, 3.8) is 0 Å². The van der Waals surface area contributed by atoms with Crippen molar-refractivity contribution >= 4 is 5.91 Å². The average molecular weight is 312 g/mol. The molecule has 1 saturated carbocycles. The summed E-state index contributed by atoms with van der Waals surface area (Å²) in [5.41, 5.74) is 0.862. The Hall–Kier alpha value is -1.93. The van der Waals surface area contributed by atoms with Crippen LogP contribution in [-0.4, -0.2) is 41.0 Å². The summed E-state index contributed by atoms with van der Waals surface area (Å²) in [7, 11) is 0. The molecule has 0 spiro atoms. The largest absolute Gasteiger partial charge is 0.348 e. The number of aromatic nitrogens is 1. The van der Waals surface area contributed by atoms with Gasteiger partial charge >= 0.3 is 0 Å². The molecule has 5 heteroatoms. The van der Waals surface area contributed by atoms with Crippen molar-refractivity contribution in [1.82, 2.24) is 15.2 Å². The van der Waals surface area contributed by atoms with Crippen molar-refractivity contribution in [3.8, 4) is 6.07 Å². The summed E-state index contributed by atoms with van der Waals surface area (Å²) in [6, 6.07) is 6.15. The van der Waals surface area contributed by atoms with E-state index in [1.54, 1.807) is 12.1 Å². The maximum Gasteiger partial charge on any atom is 0.253 e. The van der Waals surface area contributed by atoms with E-state index in [1.807, 2.05) is 6.07 Å². The molecule has 122 valence electrons. The summed E-state index contributed by atoms with van der Waals surface area (Å²) < 4.78 is 0. The maximum absolute atomic E-state index is 12.3. The Balaban J connectivity index is 1.56. The van der Waals surface area contributed by atoms with Gasteiger partial charge in [0.25, 0.3) is 5.91 Å². The number of hydrogen-bond donors (Lipinski definition) is 1. The molecular weight excluding hydrogens is 288 g/mol. The van der Waals surface area contributed by atoms with Gasteiger partial charge in [-0.15, -0.1) is 0 Å². The lowest BCUT2D eigenvalue weighted by atomic mass is 9.92. The number of likely N-dealkylation sites (tertiary alicyclic amines) is 1. The molecule has 5 nitrogen and oxygen atoms in total. The zero-order chi connectivity index (χ0) is 16.1. The standard InChI is InChI=1S/C18H24N4O/c19-11-15-9-8-14(12-20-15)18(23)21-16-5-4-10-22(13-16)17-6-2-1-3-7-17/h8-9,12,16-17H,1-7,10,13H2,(H,21,23)/t16-/m1/s1. The van der Waals surface area contributed by atoms with E-state index in [4.69, 9.17) is 5.26 Å². The third-order valence-corrected chi connectivity index (χ3v) is 5.02. The van der Waals surface area contributed by atoms with Crippen LogP contribution in [0.4, 0.5) is 0 Å². The van der Waals surface area contributed by atoms with Crippen molar-refractivity contribution in [3.05, 3.63) is 29.6 Å². The maximum atomic E-state index is 12.3. The SMILES string of the molecule is N#Cc1ccc(C(=O)N[C@@H]2CCCN(C3CCCCC3)C2)cn1. The number of piperidine rings is 1. The van der Waals surface area contributed by atoms with Crippen LogP contribution in [0.2, 0.25) is 0 Å². The minimum absolute atomic E-state index is 0.0857. The summed E-state index contributed by atoms with van der Waals surface area (Å²) in [6.45, 7) is 2.12. The van der Waals surface area contributed by atoms with Crippen LogP contribution in [0.1, 0.15) is 61.0 Å². The molecule has 1 atom stereocenters. The number of nitrogens with zero attached hydrogens (tertiary/aromatic N) is 3. The van der Waals surface area contributed by atoms with E-state index >= 15 is 0 Å². The number of nitriles is 1.